The van der Waals surface area contributed by atoms with Crippen LogP contribution < -0.4 is 21.8 Å². The fourth-order valence-electron chi connectivity index (χ4n) is 3.50. The topological polar surface area (TPSA) is 164 Å². The van der Waals surface area contributed by atoms with Crippen LogP contribution >= 0.6 is 0 Å². The van der Waals surface area contributed by atoms with E-state index in [4.69, 9.17) is 11.5 Å². The summed E-state index contributed by atoms with van der Waals surface area (Å²) in [5.74, 6) is 0.150. The standard InChI is InChI=1S/C14H19BN6O4/c16-12-18-13(17)20(14(19-12)4-2-1-3-5-14)10-6-9(15(22)23)7-11(8-10)21(24)25/h6-8,22-23H,1-5H2,(H4,16,17,18,19). The zero-order valence-corrected chi connectivity index (χ0v) is 13.5. The number of nitro groups is 1. The van der Waals surface area contributed by atoms with Gasteiger partial charge in [0.05, 0.1) is 10.6 Å². The highest BCUT2D eigenvalue weighted by atomic mass is 16.6. The summed E-state index contributed by atoms with van der Waals surface area (Å²) in [6.45, 7) is 0. The third kappa shape index (κ3) is 3.15. The Balaban J connectivity index is 2.15. The van der Waals surface area contributed by atoms with E-state index in [2.05, 4.69) is 9.98 Å². The molecular formula is C14H19BN6O4. The largest absolute Gasteiger partial charge is 0.488 e. The van der Waals surface area contributed by atoms with Gasteiger partial charge in [0, 0.05) is 12.1 Å². The van der Waals surface area contributed by atoms with Crippen molar-refractivity contribution >= 4 is 35.9 Å². The van der Waals surface area contributed by atoms with Crippen molar-refractivity contribution in [1.29, 1.82) is 0 Å². The maximum Gasteiger partial charge on any atom is 0.488 e. The molecule has 1 aliphatic carbocycles. The molecule has 1 aromatic carbocycles. The van der Waals surface area contributed by atoms with Gasteiger partial charge in [-0.25, -0.2) is 4.99 Å². The Morgan fingerprint density at radius 1 is 1.20 bits per heavy atom. The summed E-state index contributed by atoms with van der Waals surface area (Å²) in [6, 6.07) is 3.87. The van der Waals surface area contributed by atoms with Crippen molar-refractivity contribution in [1.82, 2.24) is 0 Å². The van der Waals surface area contributed by atoms with E-state index in [1.807, 2.05) is 0 Å². The molecule has 2 aliphatic rings. The normalized spacial score (nSPS) is 19.4. The number of benzene rings is 1. The highest BCUT2D eigenvalue weighted by molar-refractivity contribution is 6.58. The Hall–Kier alpha value is -2.66. The molecule has 6 N–H and O–H groups in total. The summed E-state index contributed by atoms with van der Waals surface area (Å²) in [4.78, 5) is 20.7. The van der Waals surface area contributed by atoms with Crippen LogP contribution in [-0.2, 0) is 0 Å². The zero-order valence-electron chi connectivity index (χ0n) is 13.5. The molecule has 132 valence electrons. The minimum Gasteiger partial charge on any atom is -0.423 e. The lowest BCUT2D eigenvalue weighted by Crippen LogP contribution is -2.58. The van der Waals surface area contributed by atoms with Crippen LogP contribution in [-0.4, -0.2) is 39.7 Å². The summed E-state index contributed by atoms with van der Waals surface area (Å²) < 4.78 is 0. The minimum atomic E-state index is -1.85. The first-order valence-corrected chi connectivity index (χ1v) is 7.98. The molecular weight excluding hydrogens is 327 g/mol. The second-order valence-corrected chi connectivity index (χ2v) is 6.23. The number of rotatable bonds is 3. The van der Waals surface area contributed by atoms with Crippen molar-refractivity contribution in [3.8, 4) is 0 Å². The van der Waals surface area contributed by atoms with Crippen LogP contribution in [0, 0.1) is 10.1 Å². The van der Waals surface area contributed by atoms with Gasteiger partial charge in [-0.1, -0.05) is 6.42 Å². The SMILES string of the molecule is NC1=NC2(CCCCC2)N(c2cc(B(O)O)cc([N+](=O)[O-])c2)C(N)=N1. The summed E-state index contributed by atoms with van der Waals surface area (Å²) in [7, 11) is -1.85. The van der Waals surface area contributed by atoms with E-state index in [0.717, 1.165) is 25.3 Å². The van der Waals surface area contributed by atoms with Crippen molar-refractivity contribution in [2.24, 2.45) is 21.5 Å². The number of nitrogens with zero attached hydrogens (tertiary/aromatic N) is 4. The van der Waals surface area contributed by atoms with Crippen LogP contribution in [0.5, 0.6) is 0 Å². The molecule has 0 amide bonds. The van der Waals surface area contributed by atoms with Crippen LogP contribution in [0.1, 0.15) is 32.1 Å². The first kappa shape index (κ1) is 17.2. The van der Waals surface area contributed by atoms with Crippen LogP contribution in [0.15, 0.2) is 28.2 Å². The molecule has 0 aromatic heterocycles. The van der Waals surface area contributed by atoms with Crippen LogP contribution in [0.3, 0.4) is 0 Å². The van der Waals surface area contributed by atoms with E-state index in [0.29, 0.717) is 18.5 Å². The molecule has 0 atom stereocenters. The van der Waals surface area contributed by atoms with Crippen LogP contribution in [0.2, 0.25) is 0 Å². The lowest BCUT2D eigenvalue weighted by atomic mass is 9.79. The molecule has 1 fully saturated rings. The lowest BCUT2D eigenvalue weighted by molar-refractivity contribution is -0.384. The number of hydrogen-bond acceptors (Lipinski definition) is 9. The second kappa shape index (κ2) is 6.33. The van der Waals surface area contributed by atoms with Gasteiger partial charge in [0.25, 0.3) is 5.69 Å². The molecule has 10 nitrogen and oxygen atoms in total. The van der Waals surface area contributed by atoms with Gasteiger partial charge in [0.1, 0.15) is 5.66 Å². The monoisotopic (exact) mass is 346 g/mol. The number of aliphatic imine (C=N–C) groups is 2. The molecule has 0 radical (unpaired) electrons. The van der Waals surface area contributed by atoms with Crippen LogP contribution in [0.25, 0.3) is 0 Å². The van der Waals surface area contributed by atoms with Crippen molar-refractivity contribution in [2.75, 3.05) is 4.90 Å². The van der Waals surface area contributed by atoms with E-state index in [1.165, 1.54) is 12.1 Å². The molecule has 1 spiro atoms. The molecule has 1 aliphatic heterocycles. The fraction of sp³-hybridized carbons (Fsp3) is 0.429. The number of nitro benzene ring substituents is 1. The van der Waals surface area contributed by atoms with E-state index < -0.39 is 17.7 Å². The van der Waals surface area contributed by atoms with Gasteiger partial charge in [-0.3, -0.25) is 15.0 Å². The lowest BCUT2D eigenvalue weighted by Gasteiger charge is -2.45. The molecule has 0 bridgehead atoms. The third-order valence-electron chi connectivity index (χ3n) is 4.54. The van der Waals surface area contributed by atoms with Gasteiger partial charge in [-0.05, 0) is 37.2 Å². The van der Waals surface area contributed by atoms with E-state index in [1.54, 1.807) is 4.90 Å². The number of anilines is 1. The van der Waals surface area contributed by atoms with E-state index >= 15 is 0 Å². The molecule has 0 unspecified atom stereocenters. The molecule has 1 saturated carbocycles. The first-order chi connectivity index (χ1) is 11.8. The number of non-ortho nitro benzene ring substituents is 1. The van der Waals surface area contributed by atoms with Crippen LogP contribution in [0.4, 0.5) is 11.4 Å². The quantitative estimate of drug-likeness (QED) is 0.322. The average molecular weight is 346 g/mol. The van der Waals surface area contributed by atoms with Crippen molar-refractivity contribution < 1.29 is 15.0 Å². The Labute approximate surface area is 144 Å². The first-order valence-electron chi connectivity index (χ1n) is 7.98. The summed E-state index contributed by atoms with van der Waals surface area (Å²) >= 11 is 0. The fourth-order valence-corrected chi connectivity index (χ4v) is 3.50. The van der Waals surface area contributed by atoms with Crippen molar-refractivity contribution in [3.05, 3.63) is 28.3 Å². The maximum atomic E-state index is 11.2. The average Bonchev–Trinajstić information content (AvgIpc) is 2.54. The molecule has 0 saturated heterocycles. The zero-order chi connectivity index (χ0) is 18.2. The van der Waals surface area contributed by atoms with E-state index in [-0.39, 0.29) is 23.1 Å². The van der Waals surface area contributed by atoms with E-state index in [9.17, 15) is 20.2 Å². The van der Waals surface area contributed by atoms with Crippen molar-refractivity contribution in [2.45, 2.75) is 37.8 Å². The van der Waals surface area contributed by atoms with Crippen molar-refractivity contribution in [3.63, 3.8) is 0 Å². The predicted octanol–water partition coefficient (Wildman–Crippen LogP) is -0.616. The molecule has 1 aromatic rings. The summed E-state index contributed by atoms with van der Waals surface area (Å²) in [5, 5.41) is 30.2. The molecule has 1 heterocycles. The smallest absolute Gasteiger partial charge is 0.423 e. The molecule has 3 rings (SSSR count). The maximum absolute atomic E-state index is 11.2. The molecule has 11 heteroatoms. The second-order valence-electron chi connectivity index (χ2n) is 6.23. The number of guanidine groups is 2. The van der Waals surface area contributed by atoms with Gasteiger partial charge in [0.2, 0.25) is 11.9 Å². The highest BCUT2D eigenvalue weighted by Gasteiger charge is 2.43. The van der Waals surface area contributed by atoms with Gasteiger partial charge in [-0.15, -0.1) is 0 Å². The summed E-state index contributed by atoms with van der Waals surface area (Å²) in [5.41, 5.74) is 11.2. The number of nitrogens with two attached hydrogens (primary N) is 2. The van der Waals surface area contributed by atoms with Gasteiger partial charge in [-0.2, -0.15) is 4.99 Å². The Morgan fingerprint density at radius 2 is 1.88 bits per heavy atom. The Kier molecular flexibility index (Phi) is 4.35. The van der Waals surface area contributed by atoms with Gasteiger partial charge in [0.15, 0.2) is 0 Å². The predicted molar refractivity (Wildman–Crippen MR) is 94.5 cm³/mol. The Bertz CT molecular complexity index is 760. The summed E-state index contributed by atoms with van der Waals surface area (Å²) in [6.07, 6.45) is 4.21. The minimum absolute atomic E-state index is 0.00881. The third-order valence-corrected chi connectivity index (χ3v) is 4.54. The highest BCUT2D eigenvalue weighted by Crippen LogP contribution is 2.39. The number of hydrogen-bond donors (Lipinski definition) is 4. The Morgan fingerprint density at radius 3 is 2.48 bits per heavy atom. The van der Waals surface area contributed by atoms with Gasteiger partial charge >= 0.3 is 7.12 Å². The molecule has 25 heavy (non-hydrogen) atoms. The van der Waals surface area contributed by atoms with Gasteiger partial charge < -0.3 is 21.5 Å².